The number of methoxy groups -OCH3 is 1. The Morgan fingerprint density at radius 1 is 0.833 bits per heavy atom. The summed E-state index contributed by atoms with van der Waals surface area (Å²) in [5.41, 5.74) is 1.38. The molecule has 0 radical (unpaired) electrons. The lowest BCUT2D eigenvalue weighted by atomic mass is 10.1. The lowest BCUT2D eigenvalue weighted by molar-refractivity contribution is 0.415. The second kappa shape index (κ2) is 9.52. The fourth-order valence-corrected chi connectivity index (χ4v) is 1.62. The summed E-state index contributed by atoms with van der Waals surface area (Å²) in [6, 6.07) is 12.7. The molecule has 0 amide bonds. The zero-order valence-electron chi connectivity index (χ0n) is 12.6. The van der Waals surface area contributed by atoms with Gasteiger partial charge in [-0.05, 0) is 34.9 Å². The maximum absolute atomic E-state index is 5.18. The first kappa shape index (κ1) is 16.5. The predicted octanol–water partition coefficient (Wildman–Crippen LogP) is 5.46. The van der Waals surface area contributed by atoms with Crippen LogP contribution in [0.2, 0.25) is 0 Å². The Bertz CT molecular complexity index is 403. The minimum absolute atomic E-state index is 0.918. The smallest absolute Gasteiger partial charge is 0.119 e. The summed E-state index contributed by atoms with van der Waals surface area (Å²) in [6.45, 7) is 10.2. The first-order valence-electron chi connectivity index (χ1n) is 6.90. The molecule has 100 valence electrons. The van der Waals surface area contributed by atoms with Crippen LogP contribution in [-0.2, 0) is 6.42 Å². The van der Waals surface area contributed by atoms with Crippen molar-refractivity contribution in [1.29, 1.82) is 0 Å². The average Bonchev–Trinajstić information content (AvgIpc) is 2.50. The molecule has 0 N–H and O–H groups in total. The normalized spacial score (nSPS) is 8.78. The molecule has 1 nitrogen and oxygen atoms in total. The third-order valence-electron chi connectivity index (χ3n) is 2.52. The van der Waals surface area contributed by atoms with Gasteiger partial charge in [-0.2, -0.15) is 0 Å². The third kappa shape index (κ3) is 4.40. The maximum Gasteiger partial charge on any atom is 0.119 e. The molecule has 0 fully saturated rings. The molecule has 0 bridgehead atoms. The van der Waals surface area contributed by atoms with Crippen LogP contribution in [0.1, 0.15) is 40.2 Å². The monoisotopic (exact) mass is 246 g/mol. The van der Waals surface area contributed by atoms with Crippen molar-refractivity contribution < 1.29 is 4.74 Å². The Hall–Kier alpha value is -1.50. The highest BCUT2D eigenvalue weighted by molar-refractivity contribution is 5.84. The third-order valence-corrected chi connectivity index (χ3v) is 2.52. The average molecular weight is 246 g/mol. The number of ether oxygens (including phenoxy) is 1. The van der Waals surface area contributed by atoms with E-state index in [1.165, 1.54) is 16.3 Å². The van der Waals surface area contributed by atoms with Gasteiger partial charge in [0.15, 0.2) is 0 Å². The number of fused-ring (bicyclic) bond motifs is 1. The first-order chi connectivity index (χ1) is 8.83. The van der Waals surface area contributed by atoms with Crippen molar-refractivity contribution >= 4 is 10.8 Å². The van der Waals surface area contributed by atoms with Crippen LogP contribution in [0.25, 0.3) is 10.8 Å². The van der Waals surface area contributed by atoms with E-state index in [0.717, 1.165) is 12.2 Å². The molecular weight excluding hydrogens is 220 g/mol. The van der Waals surface area contributed by atoms with E-state index in [1.54, 1.807) is 7.11 Å². The minimum atomic E-state index is 0.918. The molecule has 0 saturated heterocycles. The second-order valence-corrected chi connectivity index (χ2v) is 3.40. The molecule has 0 spiro atoms. The van der Waals surface area contributed by atoms with Crippen LogP contribution in [0.15, 0.2) is 36.4 Å². The van der Waals surface area contributed by atoms with E-state index in [2.05, 4.69) is 37.3 Å². The SMILES string of the molecule is CC.CC.CCc1ccc2cc(OC)ccc2c1. The van der Waals surface area contributed by atoms with Crippen LogP contribution < -0.4 is 4.74 Å². The van der Waals surface area contributed by atoms with E-state index < -0.39 is 0 Å². The molecule has 1 heteroatoms. The number of benzene rings is 2. The molecule has 2 rings (SSSR count). The lowest BCUT2D eigenvalue weighted by Crippen LogP contribution is -1.84. The molecule has 0 aliphatic carbocycles. The van der Waals surface area contributed by atoms with Crippen LogP contribution >= 0.6 is 0 Å². The largest absolute Gasteiger partial charge is 0.497 e. The molecule has 0 aliphatic heterocycles. The van der Waals surface area contributed by atoms with E-state index >= 15 is 0 Å². The molecule has 0 atom stereocenters. The van der Waals surface area contributed by atoms with Crippen LogP contribution in [0.3, 0.4) is 0 Å². The highest BCUT2D eigenvalue weighted by atomic mass is 16.5. The van der Waals surface area contributed by atoms with E-state index in [1.807, 2.05) is 33.8 Å². The summed E-state index contributed by atoms with van der Waals surface area (Å²) in [5.74, 6) is 0.918. The van der Waals surface area contributed by atoms with Gasteiger partial charge in [0.2, 0.25) is 0 Å². The van der Waals surface area contributed by atoms with Gasteiger partial charge in [0.05, 0.1) is 7.11 Å². The van der Waals surface area contributed by atoms with Crippen LogP contribution in [0, 0.1) is 0 Å². The van der Waals surface area contributed by atoms with Crippen LogP contribution in [-0.4, -0.2) is 7.11 Å². The maximum atomic E-state index is 5.18. The molecule has 0 unspecified atom stereocenters. The zero-order chi connectivity index (χ0) is 14.0. The summed E-state index contributed by atoms with van der Waals surface area (Å²) in [4.78, 5) is 0. The first-order valence-corrected chi connectivity index (χ1v) is 6.90. The Morgan fingerprint density at radius 2 is 1.39 bits per heavy atom. The quantitative estimate of drug-likeness (QED) is 0.683. The van der Waals surface area contributed by atoms with Crippen LogP contribution in [0.4, 0.5) is 0 Å². The number of hydrogen-bond donors (Lipinski definition) is 0. The van der Waals surface area contributed by atoms with Gasteiger partial charge in [0.1, 0.15) is 5.75 Å². The van der Waals surface area contributed by atoms with Gasteiger partial charge in [-0.1, -0.05) is 58.9 Å². The van der Waals surface area contributed by atoms with E-state index in [4.69, 9.17) is 4.74 Å². The topological polar surface area (TPSA) is 9.23 Å². The Balaban J connectivity index is 0.000000659. The summed E-state index contributed by atoms with van der Waals surface area (Å²) in [5, 5.41) is 2.52. The number of aryl methyl sites for hydroxylation is 1. The molecule has 2 aromatic rings. The molecule has 0 saturated carbocycles. The van der Waals surface area contributed by atoms with E-state index in [9.17, 15) is 0 Å². The van der Waals surface area contributed by atoms with Crippen molar-refractivity contribution in [2.24, 2.45) is 0 Å². The van der Waals surface area contributed by atoms with Gasteiger partial charge in [-0.15, -0.1) is 0 Å². The highest BCUT2D eigenvalue weighted by Gasteiger charge is 1.97. The zero-order valence-corrected chi connectivity index (χ0v) is 12.6. The van der Waals surface area contributed by atoms with Gasteiger partial charge in [-0.25, -0.2) is 0 Å². The minimum Gasteiger partial charge on any atom is -0.497 e. The van der Waals surface area contributed by atoms with Crippen molar-refractivity contribution in [3.8, 4) is 5.75 Å². The van der Waals surface area contributed by atoms with Crippen molar-refractivity contribution in [2.45, 2.75) is 41.0 Å². The Kier molecular flexibility index (Phi) is 8.73. The molecule has 0 heterocycles. The molecule has 0 aromatic heterocycles. The summed E-state index contributed by atoms with van der Waals surface area (Å²) < 4.78 is 5.18. The van der Waals surface area contributed by atoms with Gasteiger partial charge in [-0.3, -0.25) is 0 Å². The van der Waals surface area contributed by atoms with Gasteiger partial charge >= 0.3 is 0 Å². The van der Waals surface area contributed by atoms with Crippen molar-refractivity contribution in [3.63, 3.8) is 0 Å². The predicted molar refractivity (Wildman–Crippen MR) is 82.6 cm³/mol. The Labute approximate surface area is 112 Å². The Morgan fingerprint density at radius 3 is 1.94 bits per heavy atom. The molecular formula is C17H26O. The summed E-state index contributed by atoms with van der Waals surface area (Å²) in [7, 11) is 1.70. The highest BCUT2D eigenvalue weighted by Crippen LogP contribution is 2.21. The fourth-order valence-electron chi connectivity index (χ4n) is 1.62. The summed E-state index contributed by atoms with van der Waals surface area (Å²) >= 11 is 0. The molecule has 2 aromatic carbocycles. The van der Waals surface area contributed by atoms with Crippen molar-refractivity contribution in [1.82, 2.24) is 0 Å². The summed E-state index contributed by atoms with van der Waals surface area (Å²) in [6.07, 6.45) is 1.09. The second-order valence-electron chi connectivity index (χ2n) is 3.40. The molecule has 18 heavy (non-hydrogen) atoms. The fraction of sp³-hybridized carbons (Fsp3) is 0.412. The van der Waals surface area contributed by atoms with Crippen molar-refractivity contribution in [2.75, 3.05) is 7.11 Å². The standard InChI is InChI=1S/C13H14O.2C2H6/c1-3-10-4-5-12-9-13(14-2)7-6-11(12)8-10;2*1-2/h4-9H,3H2,1-2H3;2*1-2H3. The van der Waals surface area contributed by atoms with Gasteiger partial charge in [0.25, 0.3) is 0 Å². The van der Waals surface area contributed by atoms with Gasteiger partial charge < -0.3 is 4.74 Å². The lowest BCUT2D eigenvalue weighted by Gasteiger charge is -2.03. The van der Waals surface area contributed by atoms with E-state index in [0.29, 0.717) is 0 Å². The van der Waals surface area contributed by atoms with Gasteiger partial charge in [0, 0.05) is 0 Å². The van der Waals surface area contributed by atoms with Crippen molar-refractivity contribution in [3.05, 3.63) is 42.0 Å². The number of hydrogen-bond acceptors (Lipinski definition) is 1. The van der Waals surface area contributed by atoms with E-state index in [-0.39, 0.29) is 0 Å². The number of rotatable bonds is 2. The molecule has 0 aliphatic rings. The van der Waals surface area contributed by atoms with Crippen LogP contribution in [0.5, 0.6) is 5.75 Å².